The predicted molar refractivity (Wildman–Crippen MR) is 100 cm³/mol. The first kappa shape index (κ1) is 18.5. The fourth-order valence-electron chi connectivity index (χ4n) is 2.32. The Morgan fingerprint density at radius 2 is 1.78 bits per heavy atom. The number of carbonyl (C=O) groups excluding carboxylic acids is 1. The number of halogens is 1. The van der Waals surface area contributed by atoms with Gasteiger partial charge in [0.2, 0.25) is 15.7 Å². The lowest BCUT2D eigenvalue weighted by Gasteiger charge is -2.07. The van der Waals surface area contributed by atoms with Crippen molar-refractivity contribution >= 4 is 27.5 Å². The molecule has 2 aromatic carbocycles. The van der Waals surface area contributed by atoms with Gasteiger partial charge in [-0.1, -0.05) is 12.1 Å². The van der Waals surface area contributed by atoms with Gasteiger partial charge in [0.1, 0.15) is 5.82 Å². The molecule has 3 aromatic rings. The fraction of sp³-hybridized carbons (Fsp3) is 0. The molecular formula is C20H15FN2O3S. The molecule has 0 bridgehead atoms. The number of rotatable bonds is 5. The molecule has 1 heterocycles. The smallest absolute Gasteiger partial charge is 0.248 e. The second kappa shape index (κ2) is 7.92. The monoisotopic (exact) mass is 382 g/mol. The average molecular weight is 382 g/mol. The molecule has 0 radical (unpaired) electrons. The van der Waals surface area contributed by atoms with Crippen molar-refractivity contribution in [3.63, 3.8) is 0 Å². The Hall–Kier alpha value is -3.32. The van der Waals surface area contributed by atoms with Crippen LogP contribution in [0.4, 0.5) is 10.1 Å². The van der Waals surface area contributed by atoms with E-state index < -0.39 is 15.7 Å². The van der Waals surface area contributed by atoms with Gasteiger partial charge < -0.3 is 5.32 Å². The number of carbonyl (C=O) groups is 1. The maximum atomic E-state index is 13.3. The highest BCUT2D eigenvalue weighted by Gasteiger charge is 2.18. The quantitative estimate of drug-likeness (QED) is 0.683. The molecule has 7 heteroatoms. The van der Waals surface area contributed by atoms with Gasteiger partial charge in [0.15, 0.2) is 0 Å². The van der Waals surface area contributed by atoms with E-state index in [2.05, 4.69) is 10.3 Å². The highest BCUT2D eigenvalue weighted by atomic mass is 32.2. The summed E-state index contributed by atoms with van der Waals surface area (Å²) < 4.78 is 38.3. The van der Waals surface area contributed by atoms with Crippen molar-refractivity contribution in [2.75, 3.05) is 5.32 Å². The molecule has 5 nitrogen and oxygen atoms in total. The van der Waals surface area contributed by atoms with Crippen molar-refractivity contribution in [2.45, 2.75) is 9.79 Å². The van der Waals surface area contributed by atoms with E-state index in [1.165, 1.54) is 48.5 Å². The van der Waals surface area contributed by atoms with Gasteiger partial charge in [0.25, 0.3) is 0 Å². The van der Waals surface area contributed by atoms with Crippen molar-refractivity contribution in [3.8, 4) is 0 Å². The summed E-state index contributed by atoms with van der Waals surface area (Å²) in [6.07, 6.45) is 6.23. The molecule has 0 spiro atoms. The van der Waals surface area contributed by atoms with Crippen molar-refractivity contribution in [1.82, 2.24) is 4.98 Å². The zero-order valence-corrected chi connectivity index (χ0v) is 14.9. The van der Waals surface area contributed by atoms with Gasteiger partial charge in [-0.05, 0) is 60.2 Å². The van der Waals surface area contributed by atoms with Crippen LogP contribution in [0.3, 0.4) is 0 Å². The molecular weight excluding hydrogens is 367 g/mol. The molecule has 3 rings (SSSR count). The van der Waals surface area contributed by atoms with Gasteiger partial charge in [-0.15, -0.1) is 0 Å². The molecule has 0 saturated carbocycles. The van der Waals surface area contributed by atoms with Crippen LogP contribution in [-0.4, -0.2) is 19.3 Å². The Morgan fingerprint density at radius 3 is 2.44 bits per heavy atom. The van der Waals surface area contributed by atoms with Gasteiger partial charge in [0, 0.05) is 24.2 Å². The number of nitrogens with one attached hydrogen (secondary N) is 1. The summed E-state index contributed by atoms with van der Waals surface area (Å²) in [5, 5.41) is 2.64. The van der Waals surface area contributed by atoms with Gasteiger partial charge in [-0.25, -0.2) is 12.8 Å². The molecule has 0 fully saturated rings. The summed E-state index contributed by atoms with van der Waals surface area (Å²) in [6.45, 7) is 0. The lowest BCUT2D eigenvalue weighted by molar-refractivity contribution is -0.111. The molecule has 1 aromatic heterocycles. The summed E-state index contributed by atoms with van der Waals surface area (Å²) in [5.41, 5.74) is 1.22. The molecule has 0 aliphatic rings. The van der Waals surface area contributed by atoms with Crippen LogP contribution in [-0.2, 0) is 14.6 Å². The highest BCUT2D eigenvalue weighted by Crippen LogP contribution is 2.22. The molecule has 1 amide bonds. The number of hydrogen-bond donors (Lipinski definition) is 1. The number of nitrogens with zero attached hydrogens (tertiary/aromatic N) is 1. The van der Waals surface area contributed by atoms with E-state index in [4.69, 9.17) is 0 Å². The Kier molecular flexibility index (Phi) is 5.42. The van der Waals surface area contributed by atoms with Crippen molar-refractivity contribution in [1.29, 1.82) is 0 Å². The molecule has 1 N–H and O–H groups in total. The molecule has 27 heavy (non-hydrogen) atoms. The van der Waals surface area contributed by atoms with E-state index in [1.54, 1.807) is 24.5 Å². The first-order valence-corrected chi connectivity index (χ1v) is 9.43. The van der Waals surface area contributed by atoms with E-state index in [1.807, 2.05) is 6.07 Å². The van der Waals surface area contributed by atoms with Gasteiger partial charge in [-0.3, -0.25) is 9.78 Å². The van der Waals surface area contributed by atoms with E-state index >= 15 is 0 Å². The number of sulfone groups is 1. The van der Waals surface area contributed by atoms with Crippen molar-refractivity contribution in [3.05, 3.63) is 90.5 Å². The predicted octanol–water partition coefficient (Wildman–Crippen LogP) is 3.71. The van der Waals surface area contributed by atoms with Gasteiger partial charge in [-0.2, -0.15) is 0 Å². The standard InChI is InChI=1S/C20H15FN2O3S/c21-16-4-1-5-19(13-16)27(25,26)18-9-7-17(8-10-18)23-20(24)11-6-15-3-2-12-22-14-15/h1-14H,(H,23,24). The maximum absolute atomic E-state index is 13.3. The van der Waals surface area contributed by atoms with Crippen LogP contribution in [0.15, 0.2) is 88.9 Å². The molecule has 0 aliphatic carbocycles. The Labute approximate surface area is 156 Å². The van der Waals surface area contributed by atoms with Crippen LogP contribution in [0.2, 0.25) is 0 Å². The first-order valence-electron chi connectivity index (χ1n) is 7.95. The largest absolute Gasteiger partial charge is 0.323 e. The molecule has 0 unspecified atom stereocenters. The first-order chi connectivity index (χ1) is 12.9. The summed E-state index contributed by atoms with van der Waals surface area (Å²) in [6, 6.07) is 14.1. The minimum atomic E-state index is -3.83. The van der Waals surface area contributed by atoms with Crippen LogP contribution in [0.1, 0.15) is 5.56 Å². The third-order valence-corrected chi connectivity index (χ3v) is 5.42. The van der Waals surface area contributed by atoms with E-state index in [0.717, 1.165) is 11.6 Å². The minimum absolute atomic E-state index is 0.0111. The number of anilines is 1. The number of benzene rings is 2. The number of pyridine rings is 1. The highest BCUT2D eigenvalue weighted by molar-refractivity contribution is 7.91. The summed E-state index contributed by atoms with van der Waals surface area (Å²) >= 11 is 0. The molecule has 0 aliphatic heterocycles. The Morgan fingerprint density at radius 1 is 1.00 bits per heavy atom. The van der Waals surface area contributed by atoms with Crippen molar-refractivity contribution in [2.24, 2.45) is 0 Å². The van der Waals surface area contributed by atoms with Crippen LogP contribution in [0, 0.1) is 5.82 Å². The number of hydrogen-bond acceptors (Lipinski definition) is 4. The van der Waals surface area contributed by atoms with Crippen molar-refractivity contribution < 1.29 is 17.6 Å². The van der Waals surface area contributed by atoms with E-state index in [-0.39, 0.29) is 15.7 Å². The van der Waals surface area contributed by atoms with Crippen LogP contribution in [0.25, 0.3) is 6.08 Å². The molecule has 0 atom stereocenters. The molecule has 0 saturated heterocycles. The zero-order valence-electron chi connectivity index (χ0n) is 14.0. The minimum Gasteiger partial charge on any atom is -0.323 e. The maximum Gasteiger partial charge on any atom is 0.248 e. The zero-order chi connectivity index (χ0) is 19.3. The topological polar surface area (TPSA) is 76.1 Å². The summed E-state index contributed by atoms with van der Waals surface area (Å²) in [7, 11) is -3.83. The molecule has 136 valence electrons. The summed E-state index contributed by atoms with van der Waals surface area (Å²) in [5.74, 6) is -0.986. The van der Waals surface area contributed by atoms with Gasteiger partial charge >= 0.3 is 0 Å². The number of amides is 1. The van der Waals surface area contributed by atoms with Crippen LogP contribution >= 0.6 is 0 Å². The lowest BCUT2D eigenvalue weighted by Crippen LogP contribution is -2.08. The number of aromatic nitrogens is 1. The third kappa shape index (κ3) is 4.65. The SMILES string of the molecule is O=C(C=Cc1cccnc1)Nc1ccc(S(=O)(=O)c2cccc(F)c2)cc1. The second-order valence-corrected chi connectivity index (χ2v) is 7.54. The van der Waals surface area contributed by atoms with E-state index in [0.29, 0.717) is 5.69 Å². The third-order valence-electron chi connectivity index (χ3n) is 3.65. The second-order valence-electron chi connectivity index (χ2n) is 5.59. The van der Waals surface area contributed by atoms with E-state index in [9.17, 15) is 17.6 Å². The average Bonchev–Trinajstić information content (AvgIpc) is 2.68. The van der Waals surface area contributed by atoms with Gasteiger partial charge in [0.05, 0.1) is 9.79 Å². The normalized spacial score (nSPS) is 11.4. The van der Waals surface area contributed by atoms with Crippen LogP contribution in [0.5, 0.6) is 0 Å². The van der Waals surface area contributed by atoms with Crippen LogP contribution < -0.4 is 5.32 Å². The lowest BCUT2D eigenvalue weighted by atomic mass is 10.2. The Bertz CT molecular complexity index is 1080. The summed E-state index contributed by atoms with van der Waals surface area (Å²) in [4.78, 5) is 15.8. The Balaban J connectivity index is 1.72. The fourth-order valence-corrected chi connectivity index (χ4v) is 3.61.